The lowest BCUT2D eigenvalue weighted by Gasteiger charge is -2.35. The number of amides is 1. The zero-order valence-electron chi connectivity index (χ0n) is 12.3. The first-order valence-corrected chi connectivity index (χ1v) is 7.24. The Balaban J connectivity index is 1.97. The van der Waals surface area contributed by atoms with Crippen LogP contribution in [0.2, 0.25) is 0 Å². The number of carbonyl (C=O) groups excluding carboxylic acids is 1. The molecule has 2 N–H and O–H groups in total. The topological polar surface area (TPSA) is 68.2 Å². The minimum absolute atomic E-state index is 0.118. The Morgan fingerprint density at radius 2 is 2.30 bits per heavy atom. The van der Waals surface area contributed by atoms with Crippen LogP contribution in [0, 0.1) is 5.41 Å². The Bertz CT molecular complexity index is 438. The quantitative estimate of drug-likeness (QED) is 0.823. The van der Waals surface area contributed by atoms with Gasteiger partial charge in [0, 0.05) is 13.3 Å². The molecule has 1 fully saturated rings. The minimum Gasteiger partial charge on any atom is -0.383 e. The lowest BCUT2D eigenvalue weighted by molar-refractivity contribution is -0.127. The second-order valence-corrected chi connectivity index (χ2v) is 5.32. The van der Waals surface area contributed by atoms with Crippen molar-refractivity contribution in [3.63, 3.8) is 0 Å². The fraction of sp³-hybridized carbons (Fsp3) is 0.714. The third-order valence-corrected chi connectivity index (χ3v) is 4.13. The normalized spacial score (nSPS) is 17.9. The zero-order valence-corrected chi connectivity index (χ0v) is 12.3. The van der Waals surface area contributed by atoms with Crippen molar-refractivity contribution >= 4 is 11.6 Å². The molecular formula is C14H24N4O2. The number of methoxy groups -OCH3 is 1. The van der Waals surface area contributed by atoms with E-state index in [0.29, 0.717) is 13.2 Å². The van der Waals surface area contributed by atoms with Crippen molar-refractivity contribution in [3.8, 4) is 0 Å². The van der Waals surface area contributed by atoms with Gasteiger partial charge in [-0.1, -0.05) is 6.92 Å². The van der Waals surface area contributed by atoms with Crippen molar-refractivity contribution in [2.75, 3.05) is 32.1 Å². The zero-order chi connectivity index (χ0) is 14.4. The van der Waals surface area contributed by atoms with E-state index in [1.165, 1.54) is 0 Å². The standard InChI is InChI=1S/C14H24N4O2/c1-3-14(4-6-15-7-5-14)13(19)17-12-10-16-18(11-12)8-9-20-2/h10-11,15H,3-9H2,1-2H3,(H,17,19). The van der Waals surface area contributed by atoms with Gasteiger partial charge >= 0.3 is 0 Å². The first-order valence-electron chi connectivity index (χ1n) is 7.24. The van der Waals surface area contributed by atoms with E-state index in [1.54, 1.807) is 18.0 Å². The number of aromatic nitrogens is 2. The molecule has 0 radical (unpaired) electrons. The third kappa shape index (κ3) is 3.37. The molecule has 1 aromatic rings. The molecule has 0 saturated carbocycles. The highest BCUT2D eigenvalue weighted by Gasteiger charge is 2.37. The highest BCUT2D eigenvalue weighted by Crippen LogP contribution is 2.33. The van der Waals surface area contributed by atoms with E-state index in [4.69, 9.17) is 4.74 Å². The molecule has 0 spiro atoms. The maximum absolute atomic E-state index is 12.5. The SMILES string of the molecule is CCC1(C(=O)Nc2cnn(CCOC)c2)CCNCC1. The monoisotopic (exact) mass is 280 g/mol. The van der Waals surface area contributed by atoms with E-state index < -0.39 is 0 Å². The van der Waals surface area contributed by atoms with Crippen LogP contribution in [0.1, 0.15) is 26.2 Å². The number of anilines is 1. The van der Waals surface area contributed by atoms with Crippen molar-refractivity contribution in [1.82, 2.24) is 15.1 Å². The van der Waals surface area contributed by atoms with Gasteiger partial charge in [0.1, 0.15) is 0 Å². The van der Waals surface area contributed by atoms with Crippen LogP contribution in [0.4, 0.5) is 5.69 Å². The number of rotatable bonds is 6. The lowest BCUT2D eigenvalue weighted by atomic mass is 9.76. The first kappa shape index (κ1) is 15.0. The molecule has 2 rings (SSSR count). The summed E-state index contributed by atoms with van der Waals surface area (Å²) in [5.41, 5.74) is 0.525. The van der Waals surface area contributed by atoms with Gasteiger partial charge in [-0.05, 0) is 32.4 Å². The molecule has 1 aliphatic heterocycles. The molecule has 0 unspecified atom stereocenters. The van der Waals surface area contributed by atoms with Crippen LogP contribution in [0.5, 0.6) is 0 Å². The number of ether oxygens (including phenoxy) is 1. The molecule has 0 aliphatic carbocycles. The third-order valence-electron chi connectivity index (χ3n) is 4.13. The second-order valence-electron chi connectivity index (χ2n) is 5.32. The molecule has 6 nitrogen and oxygen atoms in total. The van der Waals surface area contributed by atoms with Crippen LogP contribution in [-0.4, -0.2) is 42.5 Å². The number of nitrogens with zero attached hydrogens (tertiary/aromatic N) is 2. The smallest absolute Gasteiger partial charge is 0.230 e. The Morgan fingerprint density at radius 3 is 2.95 bits per heavy atom. The molecule has 112 valence electrons. The number of nitrogens with one attached hydrogen (secondary N) is 2. The summed E-state index contributed by atoms with van der Waals surface area (Å²) < 4.78 is 6.79. The summed E-state index contributed by atoms with van der Waals surface area (Å²) >= 11 is 0. The average molecular weight is 280 g/mol. The van der Waals surface area contributed by atoms with Crippen molar-refractivity contribution in [1.29, 1.82) is 0 Å². The molecule has 1 saturated heterocycles. The molecule has 6 heteroatoms. The van der Waals surface area contributed by atoms with Crippen molar-refractivity contribution < 1.29 is 9.53 Å². The van der Waals surface area contributed by atoms with E-state index in [0.717, 1.165) is 38.0 Å². The summed E-state index contributed by atoms with van der Waals surface area (Å²) in [5, 5.41) is 10.5. The summed E-state index contributed by atoms with van der Waals surface area (Å²) in [6, 6.07) is 0. The Hall–Kier alpha value is -1.40. The van der Waals surface area contributed by atoms with Crippen LogP contribution in [0.25, 0.3) is 0 Å². The van der Waals surface area contributed by atoms with Crippen molar-refractivity contribution in [2.45, 2.75) is 32.7 Å². The van der Waals surface area contributed by atoms with Crippen LogP contribution in [0.3, 0.4) is 0 Å². The maximum Gasteiger partial charge on any atom is 0.230 e. The van der Waals surface area contributed by atoms with Gasteiger partial charge in [0.05, 0.1) is 30.5 Å². The summed E-state index contributed by atoms with van der Waals surface area (Å²) in [4.78, 5) is 12.5. The van der Waals surface area contributed by atoms with Gasteiger partial charge in [-0.3, -0.25) is 9.48 Å². The van der Waals surface area contributed by atoms with Gasteiger partial charge in [0.25, 0.3) is 0 Å². The van der Waals surface area contributed by atoms with Crippen LogP contribution in [-0.2, 0) is 16.1 Å². The first-order chi connectivity index (χ1) is 9.70. The number of hydrogen-bond acceptors (Lipinski definition) is 4. The molecule has 20 heavy (non-hydrogen) atoms. The van der Waals surface area contributed by atoms with Crippen LogP contribution in [0.15, 0.2) is 12.4 Å². The predicted molar refractivity (Wildman–Crippen MR) is 77.6 cm³/mol. The Kier molecular flexibility index (Phi) is 5.14. The van der Waals surface area contributed by atoms with Crippen LogP contribution < -0.4 is 10.6 Å². The molecule has 0 atom stereocenters. The van der Waals surface area contributed by atoms with E-state index >= 15 is 0 Å². The predicted octanol–water partition coefficient (Wildman–Crippen LogP) is 1.25. The molecule has 2 heterocycles. The Morgan fingerprint density at radius 1 is 1.55 bits per heavy atom. The summed E-state index contributed by atoms with van der Waals surface area (Å²) in [7, 11) is 1.66. The van der Waals surface area contributed by atoms with Gasteiger partial charge in [-0.15, -0.1) is 0 Å². The van der Waals surface area contributed by atoms with Crippen molar-refractivity contribution in [2.24, 2.45) is 5.41 Å². The Labute approximate surface area is 119 Å². The maximum atomic E-state index is 12.5. The van der Waals surface area contributed by atoms with E-state index in [-0.39, 0.29) is 11.3 Å². The van der Waals surface area contributed by atoms with E-state index in [9.17, 15) is 4.79 Å². The molecule has 0 aromatic carbocycles. The van der Waals surface area contributed by atoms with Crippen LogP contribution >= 0.6 is 0 Å². The average Bonchev–Trinajstić information content (AvgIpc) is 2.93. The van der Waals surface area contributed by atoms with Gasteiger partial charge in [0.2, 0.25) is 5.91 Å². The highest BCUT2D eigenvalue weighted by molar-refractivity contribution is 5.95. The lowest BCUT2D eigenvalue weighted by Crippen LogP contribution is -2.44. The number of hydrogen-bond donors (Lipinski definition) is 2. The summed E-state index contributed by atoms with van der Waals surface area (Å²) in [5.74, 6) is 0.118. The molecule has 1 aromatic heterocycles. The van der Waals surface area contributed by atoms with Gasteiger partial charge in [-0.2, -0.15) is 5.10 Å². The molecule has 1 aliphatic rings. The molecule has 0 bridgehead atoms. The number of piperidine rings is 1. The molecule has 1 amide bonds. The fourth-order valence-electron chi connectivity index (χ4n) is 2.65. The van der Waals surface area contributed by atoms with Gasteiger partial charge in [0.15, 0.2) is 0 Å². The van der Waals surface area contributed by atoms with Gasteiger partial charge in [-0.25, -0.2) is 0 Å². The largest absolute Gasteiger partial charge is 0.383 e. The fourth-order valence-corrected chi connectivity index (χ4v) is 2.65. The van der Waals surface area contributed by atoms with Crippen molar-refractivity contribution in [3.05, 3.63) is 12.4 Å². The summed E-state index contributed by atoms with van der Waals surface area (Å²) in [6.45, 7) is 5.21. The minimum atomic E-state index is -0.236. The number of carbonyl (C=O) groups is 1. The second kappa shape index (κ2) is 6.85. The van der Waals surface area contributed by atoms with E-state index in [2.05, 4.69) is 22.7 Å². The highest BCUT2D eigenvalue weighted by atomic mass is 16.5. The molecular weight excluding hydrogens is 256 g/mol. The van der Waals surface area contributed by atoms with Gasteiger partial charge < -0.3 is 15.4 Å². The van der Waals surface area contributed by atoms with E-state index in [1.807, 2.05) is 6.20 Å². The summed E-state index contributed by atoms with van der Waals surface area (Å²) in [6.07, 6.45) is 6.21.